The largest absolute Gasteiger partial charge is 0.328 e. The summed E-state index contributed by atoms with van der Waals surface area (Å²) in [4.78, 5) is 0. The van der Waals surface area contributed by atoms with Gasteiger partial charge in [-0.05, 0) is 12.8 Å². The Labute approximate surface area is 80.5 Å². The Hall–Kier alpha value is -0.170. The molecule has 13 heavy (non-hydrogen) atoms. The molecule has 0 saturated carbocycles. The van der Waals surface area contributed by atoms with Gasteiger partial charge < -0.3 is 5.73 Å². The van der Waals surface area contributed by atoms with Crippen molar-refractivity contribution in [3.63, 3.8) is 0 Å². The molecular formula is C7H19N3O2S. The highest BCUT2D eigenvalue weighted by molar-refractivity contribution is 7.87. The van der Waals surface area contributed by atoms with Crippen molar-refractivity contribution < 1.29 is 8.42 Å². The topological polar surface area (TPSA) is 75.4 Å². The van der Waals surface area contributed by atoms with Crippen LogP contribution in [-0.2, 0) is 10.2 Å². The lowest BCUT2D eigenvalue weighted by atomic mass is 10.2. The van der Waals surface area contributed by atoms with E-state index >= 15 is 0 Å². The van der Waals surface area contributed by atoms with E-state index in [1.165, 1.54) is 14.1 Å². The summed E-state index contributed by atoms with van der Waals surface area (Å²) in [6, 6.07) is 0.0739. The van der Waals surface area contributed by atoms with Gasteiger partial charge in [0, 0.05) is 26.7 Å². The van der Waals surface area contributed by atoms with Crippen LogP contribution >= 0.6 is 0 Å². The number of nitrogens with zero attached hydrogens (tertiary/aromatic N) is 1. The average Bonchev–Trinajstić information content (AvgIpc) is 2.03. The molecule has 0 fully saturated rings. The molecule has 3 N–H and O–H groups in total. The lowest BCUT2D eigenvalue weighted by molar-refractivity contribution is 0.498. The van der Waals surface area contributed by atoms with Crippen molar-refractivity contribution in [3.05, 3.63) is 0 Å². The third kappa shape index (κ3) is 5.20. The molecule has 0 aromatic heterocycles. The lowest BCUT2D eigenvalue weighted by Crippen LogP contribution is -2.37. The molecule has 0 aliphatic carbocycles. The lowest BCUT2D eigenvalue weighted by Gasteiger charge is -2.13. The Morgan fingerprint density at radius 2 is 2.00 bits per heavy atom. The first kappa shape index (κ1) is 12.8. The zero-order valence-corrected chi connectivity index (χ0v) is 9.26. The molecule has 0 aromatic carbocycles. The monoisotopic (exact) mass is 209 g/mol. The fraction of sp³-hybridized carbons (Fsp3) is 1.00. The van der Waals surface area contributed by atoms with Crippen molar-refractivity contribution >= 4 is 10.2 Å². The molecule has 80 valence electrons. The molecule has 6 heteroatoms. The van der Waals surface area contributed by atoms with Gasteiger partial charge in [0.2, 0.25) is 0 Å². The highest BCUT2D eigenvalue weighted by Gasteiger charge is 2.11. The molecule has 0 amide bonds. The fourth-order valence-corrected chi connectivity index (χ4v) is 1.34. The van der Waals surface area contributed by atoms with Crippen LogP contribution in [0.5, 0.6) is 0 Å². The van der Waals surface area contributed by atoms with Gasteiger partial charge in [0.05, 0.1) is 0 Å². The van der Waals surface area contributed by atoms with Crippen molar-refractivity contribution in [3.8, 4) is 0 Å². The van der Waals surface area contributed by atoms with Crippen LogP contribution in [0.15, 0.2) is 0 Å². The van der Waals surface area contributed by atoms with Crippen LogP contribution in [0.4, 0.5) is 0 Å². The van der Waals surface area contributed by atoms with Gasteiger partial charge in [-0.3, -0.25) is 0 Å². The smallest absolute Gasteiger partial charge is 0.278 e. The van der Waals surface area contributed by atoms with Crippen molar-refractivity contribution in [1.29, 1.82) is 0 Å². The summed E-state index contributed by atoms with van der Waals surface area (Å²) in [5.41, 5.74) is 5.63. The van der Waals surface area contributed by atoms with Crippen LogP contribution in [0.25, 0.3) is 0 Å². The number of hydrogen-bond donors (Lipinski definition) is 2. The molecule has 1 unspecified atom stereocenters. The van der Waals surface area contributed by atoms with Gasteiger partial charge in [-0.2, -0.15) is 12.7 Å². The van der Waals surface area contributed by atoms with Crippen molar-refractivity contribution in [2.75, 3.05) is 20.6 Å². The number of rotatable bonds is 6. The number of nitrogens with one attached hydrogen (secondary N) is 1. The molecule has 0 aromatic rings. The summed E-state index contributed by atoms with van der Waals surface area (Å²) in [6.45, 7) is 2.38. The SMILES string of the molecule is CCC(N)CCNS(=O)(=O)N(C)C. The maximum absolute atomic E-state index is 11.2. The van der Waals surface area contributed by atoms with E-state index < -0.39 is 10.2 Å². The molecule has 0 aliphatic heterocycles. The first-order valence-corrected chi connectivity index (χ1v) is 5.77. The molecule has 5 nitrogen and oxygen atoms in total. The van der Waals surface area contributed by atoms with E-state index in [0.29, 0.717) is 13.0 Å². The van der Waals surface area contributed by atoms with Crippen molar-refractivity contribution in [2.45, 2.75) is 25.8 Å². The van der Waals surface area contributed by atoms with Gasteiger partial charge in [0.1, 0.15) is 0 Å². The van der Waals surface area contributed by atoms with E-state index in [4.69, 9.17) is 5.73 Å². The molecular weight excluding hydrogens is 190 g/mol. The quantitative estimate of drug-likeness (QED) is 0.620. The van der Waals surface area contributed by atoms with Gasteiger partial charge in [-0.15, -0.1) is 0 Å². The molecule has 0 saturated heterocycles. The first-order chi connectivity index (χ1) is 5.90. The van der Waals surface area contributed by atoms with Gasteiger partial charge in [0.15, 0.2) is 0 Å². The van der Waals surface area contributed by atoms with E-state index in [2.05, 4.69) is 4.72 Å². The first-order valence-electron chi connectivity index (χ1n) is 4.32. The normalized spacial score (nSPS) is 14.8. The predicted octanol–water partition coefficient (Wildman–Crippen LogP) is -0.490. The maximum Gasteiger partial charge on any atom is 0.278 e. The Morgan fingerprint density at radius 1 is 1.46 bits per heavy atom. The Bertz CT molecular complexity index is 226. The summed E-state index contributed by atoms with van der Waals surface area (Å²) in [7, 11) is -0.298. The summed E-state index contributed by atoms with van der Waals surface area (Å²) in [5.74, 6) is 0. The van der Waals surface area contributed by atoms with E-state index in [1.807, 2.05) is 6.92 Å². The van der Waals surface area contributed by atoms with Crippen molar-refractivity contribution in [1.82, 2.24) is 9.03 Å². The number of hydrogen-bond acceptors (Lipinski definition) is 3. The summed E-state index contributed by atoms with van der Waals surface area (Å²) < 4.78 is 25.9. The molecule has 0 heterocycles. The average molecular weight is 209 g/mol. The maximum atomic E-state index is 11.2. The highest BCUT2D eigenvalue weighted by atomic mass is 32.2. The highest BCUT2D eigenvalue weighted by Crippen LogP contribution is 1.93. The third-order valence-corrected chi connectivity index (χ3v) is 3.34. The Kier molecular flexibility index (Phi) is 5.46. The van der Waals surface area contributed by atoms with Crippen LogP contribution in [0, 0.1) is 0 Å². The second kappa shape index (κ2) is 5.54. The van der Waals surface area contributed by atoms with E-state index in [-0.39, 0.29) is 6.04 Å². The molecule has 0 aliphatic rings. The summed E-state index contributed by atoms with van der Waals surface area (Å²) in [5, 5.41) is 0. The van der Waals surface area contributed by atoms with Crippen LogP contribution in [0.3, 0.4) is 0 Å². The van der Waals surface area contributed by atoms with Gasteiger partial charge in [-0.25, -0.2) is 4.72 Å². The van der Waals surface area contributed by atoms with Crippen LogP contribution in [-0.4, -0.2) is 39.4 Å². The molecule has 0 radical (unpaired) electrons. The molecule has 0 spiro atoms. The zero-order valence-electron chi connectivity index (χ0n) is 8.45. The predicted molar refractivity (Wildman–Crippen MR) is 53.5 cm³/mol. The van der Waals surface area contributed by atoms with Crippen LogP contribution in [0.1, 0.15) is 19.8 Å². The van der Waals surface area contributed by atoms with E-state index in [0.717, 1.165) is 10.7 Å². The minimum atomic E-state index is -3.27. The van der Waals surface area contributed by atoms with Crippen molar-refractivity contribution in [2.24, 2.45) is 5.73 Å². The number of nitrogens with two attached hydrogens (primary N) is 1. The zero-order chi connectivity index (χ0) is 10.5. The minimum Gasteiger partial charge on any atom is -0.328 e. The Morgan fingerprint density at radius 3 is 2.38 bits per heavy atom. The van der Waals surface area contributed by atoms with E-state index in [9.17, 15) is 8.42 Å². The second-order valence-electron chi connectivity index (χ2n) is 3.14. The Balaban J connectivity index is 3.78. The summed E-state index contributed by atoms with van der Waals surface area (Å²) in [6.07, 6.45) is 1.53. The van der Waals surface area contributed by atoms with Crippen LogP contribution in [0.2, 0.25) is 0 Å². The summed E-state index contributed by atoms with van der Waals surface area (Å²) >= 11 is 0. The fourth-order valence-electron chi connectivity index (χ4n) is 0.707. The minimum absolute atomic E-state index is 0.0739. The van der Waals surface area contributed by atoms with E-state index in [1.54, 1.807) is 0 Å². The van der Waals surface area contributed by atoms with Crippen LogP contribution < -0.4 is 10.5 Å². The molecule has 1 atom stereocenters. The molecule has 0 bridgehead atoms. The molecule has 0 rings (SSSR count). The van der Waals surface area contributed by atoms with Gasteiger partial charge in [0.25, 0.3) is 10.2 Å². The second-order valence-corrected chi connectivity index (χ2v) is 5.11. The third-order valence-electron chi connectivity index (χ3n) is 1.80. The van der Waals surface area contributed by atoms with Gasteiger partial charge in [-0.1, -0.05) is 6.92 Å². The standard InChI is InChI=1S/C7H19N3O2S/c1-4-7(8)5-6-9-13(11,12)10(2)3/h7,9H,4-6,8H2,1-3H3. The van der Waals surface area contributed by atoms with Gasteiger partial charge >= 0.3 is 0 Å².